The predicted molar refractivity (Wildman–Crippen MR) is 82.0 cm³/mol. The van der Waals surface area contributed by atoms with Gasteiger partial charge in [-0.15, -0.1) is 5.10 Å². The standard InChI is InChI=1S/C16H21N5/c1-2-21-11-16(18-19-21)14-6-15(8-17-7-14)20-9-12-4-3-5-13(12)10-20/h6-8,11-13H,2-5,9-10H2,1H3. The third-order valence-electron chi connectivity index (χ3n) is 4.97. The maximum Gasteiger partial charge on any atom is 0.114 e. The van der Waals surface area contributed by atoms with Crippen LogP contribution in [0.5, 0.6) is 0 Å². The van der Waals surface area contributed by atoms with Crippen LogP contribution >= 0.6 is 0 Å². The average Bonchev–Trinajstić information content (AvgIpc) is 3.22. The Labute approximate surface area is 125 Å². The summed E-state index contributed by atoms with van der Waals surface area (Å²) in [6.07, 6.45) is 10.1. The van der Waals surface area contributed by atoms with Crippen molar-refractivity contribution in [2.45, 2.75) is 32.7 Å². The molecule has 3 heterocycles. The molecule has 5 heteroatoms. The molecular weight excluding hydrogens is 262 g/mol. The molecule has 0 radical (unpaired) electrons. The maximum atomic E-state index is 4.42. The van der Waals surface area contributed by atoms with E-state index in [-0.39, 0.29) is 0 Å². The highest BCUT2D eigenvalue weighted by molar-refractivity contribution is 5.63. The van der Waals surface area contributed by atoms with Crippen LogP contribution in [0.3, 0.4) is 0 Å². The molecule has 2 fully saturated rings. The van der Waals surface area contributed by atoms with Gasteiger partial charge in [-0.05, 0) is 37.7 Å². The first kappa shape index (κ1) is 12.8. The summed E-state index contributed by atoms with van der Waals surface area (Å²) in [6.45, 7) is 5.29. The summed E-state index contributed by atoms with van der Waals surface area (Å²) in [4.78, 5) is 6.91. The molecule has 21 heavy (non-hydrogen) atoms. The Morgan fingerprint density at radius 3 is 2.71 bits per heavy atom. The second-order valence-corrected chi connectivity index (χ2v) is 6.25. The fourth-order valence-electron chi connectivity index (χ4n) is 3.77. The van der Waals surface area contributed by atoms with E-state index in [4.69, 9.17) is 0 Å². The minimum atomic E-state index is 0.843. The van der Waals surface area contributed by atoms with Crippen molar-refractivity contribution in [2.24, 2.45) is 11.8 Å². The molecule has 0 aromatic carbocycles. The van der Waals surface area contributed by atoms with Crippen LogP contribution in [0.4, 0.5) is 5.69 Å². The third-order valence-corrected chi connectivity index (χ3v) is 4.97. The van der Waals surface area contributed by atoms with Gasteiger partial charge in [-0.2, -0.15) is 0 Å². The lowest BCUT2D eigenvalue weighted by Gasteiger charge is -2.19. The number of aryl methyl sites for hydroxylation is 1. The lowest BCUT2D eigenvalue weighted by Crippen LogP contribution is -2.20. The largest absolute Gasteiger partial charge is 0.370 e. The molecule has 4 rings (SSSR count). The first-order valence-electron chi connectivity index (χ1n) is 7.94. The van der Waals surface area contributed by atoms with Crippen LogP contribution in [0, 0.1) is 11.8 Å². The van der Waals surface area contributed by atoms with E-state index in [1.165, 1.54) is 38.0 Å². The number of nitrogens with zero attached hydrogens (tertiary/aromatic N) is 5. The van der Waals surface area contributed by atoms with Crippen LogP contribution in [-0.4, -0.2) is 33.1 Å². The van der Waals surface area contributed by atoms with Crippen molar-refractivity contribution in [1.82, 2.24) is 20.0 Å². The van der Waals surface area contributed by atoms with E-state index in [1.807, 2.05) is 23.3 Å². The number of rotatable bonds is 3. The average molecular weight is 283 g/mol. The zero-order valence-corrected chi connectivity index (χ0v) is 12.4. The zero-order chi connectivity index (χ0) is 14.2. The Balaban J connectivity index is 1.58. The van der Waals surface area contributed by atoms with Gasteiger partial charge >= 0.3 is 0 Å². The quantitative estimate of drug-likeness (QED) is 0.868. The molecule has 2 unspecified atom stereocenters. The van der Waals surface area contributed by atoms with Crippen molar-refractivity contribution in [2.75, 3.05) is 18.0 Å². The Morgan fingerprint density at radius 2 is 2.00 bits per heavy atom. The summed E-state index contributed by atoms with van der Waals surface area (Å²) in [5, 5.41) is 8.35. The number of fused-ring (bicyclic) bond motifs is 1. The van der Waals surface area contributed by atoms with Crippen LogP contribution < -0.4 is 4.90 Å². The van der Waals surface area contributed by atoms with E-state index in [9.17, 15) is 0 Å². The fourth-order valence-corrected chi connectivity index (χ4v) is 3.77. The molecule has 2 atom stereocenters. The lowest BCUT2D eigenvalue weighted by atomic mass is 10.0. The highest BCUT2D eigenvalue weighted by Gasteiger charge is 2.36. The highest BCUT2D eigenvalue weighted by atomic mass is 15.4. The molecule has 110 valence electrons. The molecule has 2 aromatic rings. The first-order valence-corrected chi connectivity index (χ1v) is 7.94. The molecule has 1 aliphatic carbocycles. The monoisotopic (exact) mass is 283 g/mol. The number of aromatic nitrogens is 4. The van der Waals surface area contributed by atoms with Crippen LogP contribution in [0.25, 0.3) is 11.3 Å². The first-order chi connectivity index (χ1) is 10.3. The van der Waals surface area contributed by atoms with E-state index >= 15 is 0 Å². The fraction of sp³-hybridized carbons (Fsp3) is 0.562. The van der Waals surface area contributed by atoms with E-state index in [1.54, 1.807) is 0 Å². The van der Waals surface area contributed by atoms with Crippen LogP contribution in [-0.2, 0) is 6.54 Å². The smallest absolute Gasteiger partial charge is 0.114 e. The van der Waals surface area contributed by atoms with E-state index in [0.29, 0.717) is 0 Å². The molecule has 0 N–H and O–H groups in total. The van der Waals surface area contributed by atoms with E-state index in [0.717, 1.165) is 29.6 Å². The van der Waals surface area contributed by atoms with Gasteiger partial charge in [0.1, 0.15) is 5.69 Å². The van der Waals surface area contributed by atoms with Gasteiger partial charge in [0.25, 0.3) is 0 Å². The minimum absolute atomic E-state index is 0.843. The van der Waals surface area contributed by atoms with Gasteiger partial charge in [0.05, 0.1) is 18.1 Å². The Kier molecular flexibility index (Phi) is 3.13. The molecule has 0 spiro atoms. The summed E-state index contributed by atoms with van der Waals surface area (Å²) < 4.78 is 1.85. The summed E-state index contributed by atoms with van der Waals surface area (Å²) in [5.74, 6) is 1.80. The summed E-state index contributed by atoms with van der Waals surface area (Å²) in [7, 11) is 0. The SMILES string of the molecule is CCn1cc(-c2cncc(N3CC4CCCC4C3)c2)nn1. The molecule has 0 amide bonds. The number of hydrogen-bond acceptors (Lipinski definition) is 4. The molecule has 0 bridgehead atoms. The lowest BCUT2D eigenvalue weighted by molar-refractivity contribution is 0.494. The summed E-state index contributed by atoms with van der Waals surface area (Å²) in [6, 6.07) is 2.21. The Morgan fingerprint density at radius 1 is 1.19 bits per heavy atom. The minimum Gasteiger partial charge on any atom is -0.370 e. The van der Waals surface area contributed by atoms with Gasteiger partial charge in [0.15, 0.2) is 0 Å². The number of hydrogen-bond donors (Lipinski definition) is 0. The van der Waals surface area contributed by atoms with E-state index in [2.05, 4.69) is 33.2 Å². The van der Waals surface area contributed by atoms with Crippen LogP contribution in [0.15, 0.2) is 24.7 Å². The molecule has 1 saturated carbocycles. The van der Waals surface area contributed by atoms with E-state index < -0.39 is 0 Å². The highest BCUT2D eigenvalue weighted by Crippen LogP contribution is 2.39. The zero-order valence-electron chi connectivity index (χ0n) is 12.4. The molecule has 5 nitrogen and oxygen atoms in total. The van der Waals surface area contributed by atoms with Crippen molar-refractivity contribution in [3.05, 3.63) is 24.7 Å². The molecule has 2 aliphatic rings. The second-order valence-electron chi connectivity index (χ2n) is 6.25. The van der Waals surface area contributed by atoms with Gasteiger partial charge in [-0.25, -0.2) is 0 Å². The molecule has 1 aliphatic heterocycles. The van der Waals surface area contributed by atoms with Crippen molar-refractivity contribution in [3.63, 3.8) is 0 Å². The van der Waals surface area contributed by atoms with Gasteiger partial charge < -0.3 is 4.90 Å². The molecule has 2 aromatic heterocycles. The Hall–Kier alpha value is -1.91. The van der Waals surface area contributed by atoms with Gasteiger partial charge in [0.2, 0.25) is 0 Å². The summed E-state index contributed by atoms with van der Waals surface area (Å²) in [5.41, 5.74) is 3.20. The van der Waals surface area contributed by atoms with Crippen molar-refractivity contribution in [1.29, 1.82) is 0 Å². The van der Waals surface area contributed by atoms with Crippen molar-refractivity contribution in [3.8, 4) is 11.3 Å². The Bertz CT molecular complexity index is 623. The summed E-state index contributed by atoms with van der Waals surface area (Å²) >= 11 is 0. The number of anilines is 1. The van der Waals surface area contributed by atoms with Crippen molar-refractivity contribution < 1.29 is 0 Å². The second kappa shape index (κ2) is 5.13. The van der Waals surface area contributed by atoms with Crippen LogP contribution in [0.2, 0.25) is 0 Å². The van der Waals surface area contributed by atoms with Crippen LogP contribution in [0.1, 0.15) is 26.2 Å². The maximum absolute atomic E-state index is 4.42. The van der Waals surface area contributed by atoms with Gasteiger partial charge in [-0.1, -0.05) is 11.6 Å². The topological polar surface area (TPSA) is 46.8 Å². The normalized spacial score (nSPS) is 24.5. The predicted octanol–water partition coefficient (Wildman–Crippen LogP) is 2.60. The van der Waals surface area contributed by atoms with Crippen molar-refractivity contribution >= 4 is 5.69 Å². The molecular formula is C16H21N5. The third kappa shape index (κ3) is 2.30. The number of pyridine rings is 1. The van der Waals surface area contributed by atoms with Gasteiger partial charge in [0, 0.05) is 31.4 Å². The van der Waals surface area contributed by atoms with Gasteiger partial charge in [-0.3, -0.25) is 9.67 Å². The molecule has 1 saturated heterocycles.